The van der Waals surface area contributed by atoms with Crippen LogP contribution in [0.5, 0.6) is 0 Å². The van der Waals surface area contributed by atoms with E-state index in [2.05, 4.69) is 20.4 Å². The highest BCUT2D eigenvalue weighted by Crippen LogP contribution is 2.20. The molecule has 2 aromatic heterocycles. The van der Waals surface area contributed by atoms with Crippen LogP contribution in [0.15, 0.2) is 42.7 Å². The molecular weight excluding hydrogens is 304 g/mol. The van der Waals surface area contributed by atoms with Crippen LogP contribution in [0.3, 0.4) is 0 Å². The Morgan fingerprint density at radius 1 is 1.23 bits per heavy atom. The molecule has 0 aliphatic rings. The first kappa shape index (κ1) is 14.4. The second-order valence-corrected chi connectivity index (χ2v) is 6.39. The minimum atomic E-state index is -3.52. The van der Waals surface area contributed by atoms with Crippen LogP contribution in [0, 0.1) is 0 Å². The van der Waals surface area contributed by atoms with Crippen LogP contribution in [0.4, 0.5) is 5.82 Å². The normalized spacial score (nSPS) is 11.7. The van der Waals surface area contributed by atoms with E-state index in [4.69, 9.17) is 5.14 Å². The predicted octanol–water partition coefficient (Wildman–Crippen LogP) is 0.492. The third kappa shape index (κ3) is 3.21. The zero-order valence-electron chi connectivity index (χ0n) is 11.5. The molecule has 9 heteroatoms. The van der Waals surface area contributed by atoms with Gasteiger partial charge in [-0.25, -0.2) is 18.5 Å². The summed E-state index contributed by atoms with van der Waals surface area (Å²) < 4.78 is 23.5. The number of nitrogens with one attached hydrogen (secondary N) is 1. The van der Waals surface area contributed by atoms with Gasteiger partial charge in [-0.15, -0.1) is 0 Å². The zero-order valence-corrected chi connectivity index (χ0v) is 12.4. The summed E-state index contributed by atoms with van der Waals surface area (Å²) in [4.78, 5) is 8.51. The fraction of sp³-hybridized carbons (Fsp3) is 0.154. The van der Waals surface area contributed by atoms with Crippen LogP contribution in [-0.2, 0) is 10.0 Å². The molecule has 0 radical (unpaired) electrons. The Balaban J connectivity index is 1.96. The lowest BCUT2D eigenvalue weighted by atomic mass is 10.1. The summed E-state index contributed by atoms with van der Waals surface area (Å²) in [5, 5.41) is 12.1. The fourth-order valence-corrected chi connectivity index (χ4v) is 2.40. The summed E-state index contributed by atoms with van der Waals surface area (Å²) in [5.74, 6) is 0.857. The van der Waals surface area contributed by atoms with Crippen molar-refractivity contribution >= 4 is 21.6 Å². The van der Waals surface area contributed by atoms with Crippen molar-refractivity contribution < 1.29 is 8.42 Å². The first-order valence-corrected chi connectivity index (χ1v) is 8.25. The summed E-state index contributed by atoms with van der Waals surface area (Å²) in [7, 11) is -3.52. The maximum absolute atomic E-state index is 11.0. The lowest BCUT2D eigenvalue weighted by Crippen LogP contribution is -2.23. The molecule has 0 unspecified atom stereocenters. The maximum atomic E-state index is 11.0. The van der Waals surface area contributed by atoms with Crippen LogP contribution in [-0.4, -0.2) is 40.3 Å². The zero-order chi connectivity index (χ0) is 15.6. The Labute approximate surface area is 127 Å². The third-order valence-corrected chi connectivity index (χ3v) is 3.79. The SMILES string of the molecule is NS(=O)(=O)CCNc1cc(-c2ccccc2)nc2ncnn12. The standard InChI is InChI=1S/C13H14N6O2S/c14-22(20,21)7-6-15-12-8-11(10-4-2-1-3-5-10)18-13-16-9-17-19(12)13/h1-5,8-9,15H,6-7H2,(H2,14,20,21). The molecule has 0 saturated heterocycles. The van der Waals surface area contributed by atoms with Crippen molar-refractivity contribution in [2.75, 3.05) is 17.6 Å². The lowest BCUT2D eigenvalue weighted by Gasteiger charge is -2.09. The van der Waals surface area contributed by atoms with Gasteiger partial charge in [-0.3, -0.25) is 0 Å². The van der Waals surface area contributed by atoms with E-state index in [1.807, 2.05) is 30.3 Å². The van der Waals surface area contributed by atoms with Crippen LogP contribution in [0.2, 0.25) is 0 Å². The molecular formula is C13H14N6O2S. The van der Waals surface area contributed by atoms with Gasteiger partial charge in [0, 0.05) is 18.2 Å². The minimum absolute atomic E-state index is 0.173. The average Bonchev–Trinajstić information content (AvgIpc) is 2.95. The average molecular weight is 318 g/mol. The van der Waals surface area contributed by atoms with Crippen molar-refractivity contribution in [3.8, 4) is 11.3 Å². The van der Waals surface area contributed by atoms with Crippen molar-refractivity contribution in [1.29, 1.82) is 0 Å². The quantitative estimate of drug-likeness (QED) is 0.707. The molecule has 0 aliphatic carbocycles. The van der Waals surface area contributed by atoms with Gasteiger partial charge in [-0.05, 0) is 0 Å². The number of nitrogens with zero attached hydrogens (tertiary/aromatic N) is 4. The van der Waals surface area contributed by atoms with E-state index in [-0.39, 0.29) is 12.3 Å². The van der Waals surface area contributed by atoms with E-state index in [9.17, 15) is 8.42 Å². The van der Waals surface area contributed by atoms with Gasteiger partial charge in [0.2, 0.25) is 10.0 Å². The van der Waals surface area contributed by atoms with Gasteiger partial charge in [0.25, 0.3) is 5.78 Å². The topological polar surface area (TPSA) is 115 Å². The first-order valence-electron chi connectivity index (χ1n) is 6.53. The molecule has 0 atom stereocenters. The van der Waals surface area contributed by atoms with Gasteiger partial charge in [0.1, 0.15) is 12.1 Å². The van der Waals surface area contributed by atoms with Crippen LogP contribution in [0.25, 0.3) is 17.0 Å². The largest absolute Gasteiger partial charge is 0.369 e. The molecule has 2 heterocycles. The molecule has 8 nitrogen and oxygen atoms in total. The van der Waals surface area contributed by atoms with E-state index in [0.717, 1.165) is 11.3 Å². The minimum Gasteiger partial charge on any atom is -0.369 e. The highest BCUT2D eigenvalue weighted by molar-refractivity contribution is 7.89. The monoisotopic (exact) mass is 318 g/mol. The molecule has 0 amide bonds. The molecule has 0 aliphatic heterocycles. The van der Waals surface area contributed by atoms with Gasteiger partial charge in [-0.1, -0.05) is 30.3 Å². The van der Waals surface area contributed by atoms with Crippen molar-refractivity contribution in [2.24, 2.45) is 5.14 Å². The Hall–Kier alpha value is -2.52. The predicted molar refractivity (Wildman–Crippen MR) is 82.7 cm³/mol. The molecule has 3 N–H and O–H groups in total. The smallest absolute Gasteiger partial charge is 0.254 e. The number of nitrogens with two attached hydrogens (primary N) is 1. The Morgan fingerprint density at radius 3 is 2.73 bits per heavy atom. The Bertz CT molecular complexity index is 891. The molecule has 1 aromatic carbocycles. The second kappa shape index (κ2) is 5.70. The van der Waals surface area contributed by atoms with Crippen molar-refractivity contribution in [1.82, 2.24) is 19.6 Å². The van der Waals surface area contributed by atoms with Crippen LogP contribution < -0.4 is 10.5 Å². The molecule has 0 spiro atoms. The number of hydrogen-bond donors (Lipinski definition) is 2. The van der Waals surface area contributed by atoms with E-state index in [1.165, 1.54) is 10.8 Å². The van der Waals surface area contributed by atoms with Crippen molar-refractivity contribution in [3.05, 3.63) is 42.7 Å². The number of aromatic nitrogens is 4. The molecule has 0 saturated carbocycles. The van der Waals surface area contributed by atoms with Crippen LogP contribution in [0.1, 0.15) is 0 Å². The van der Waals surface area contributed by atoms with Gasteiger partial charge in [-0.2, -0.15) is 14.6 Å². The lowest BCUT2D eigenvalue weighted by molar-refractivity contribution is 0.598. The van der Waals surface area contributed by atoms with E-state index >= 15 is 0 Å². The van der Waals surface area contributed by atoms with E-state index < -0.39 is 10.0 Å². The van der Waals surface area contributed by atoms with E-state index in [1.54, 1.807) is 6.07 Å². The first-order chi connectivity index (χ1) is 10.5. The number of rotatable bonds is 5. The van der Waals surface area contributed by atoms with Gasteiger partial charge < -0.3 is 5.32 Å². The molecule has 3 aromatic rings. The second-order valence-electron chi connectivity index (χ2n) is 4.66. The molecule has 0 bridgehead atoms. The summed E-state index contributed by atoms with van der Waals surface area (Å²) in [6.07, 6.45) is 1.39. The Kier molecular flexibility index (Phi) is 3.73. The highest BCUT2D eigenvalue weighted by atomic mass is 32.2. The highest BCUT2D eigenvalue weighted by Gasteiger charge is 2.10. The number of hydrogen-bond acceptors (Lipinski definition) is 6. The van der Waals surface area contributed by atoms with Crippen LogP contribution >= 0.6 is 0 Å². The molecule has 0 fully saturated rings. The van der Waals surface area contributed by atoms with Crippen molar-refractivity contribution in [2.45, 2.75) is 0 Å². The maximum Gasteiger partial charge on any atom is 0.254 e. The van der Waals surface area contributed by atoms with Gasteiger partial charge >= 0.3 is 0 Å². The number of sulfonamides is 1. The van der Waals surface area contributed by atoms with Crippen molar-refractivity contribution in [3.63, 3.8) is 0 Å². The third-order valence-electron chi connectivity index (χ3n) is 3.01. The molecule has 114 valence electrons. The Morgan fingerprint density at radius 2 is 2.00 bits per heavy atom. The summed E-state index contributed by atoms with van der Waals surface area (Å²) in [6.45, 7) is 0.173. The number of anilines is 1. The molecule has 22 heavy (non-hydrogen) atoms. The number of benzene rings is 1. The number of primary sulfonamides is 1. The molecule has 3 rings (SSSR count). The van der Waals surface area contributed by atoms with Gasteiger partial charge in [0.05, 0.1) is 11.4 Å². The fourth-order valence-electron chi connectivity index (χ4n) is 2.02. The van der Waals surface area contributed by atoms with Gasteiger partial charge in [0.15, 0.2) is 0 Å². The summed E-state index contributed by atoms with van der Waals surface area (Å²) in [6, 6.07) is 11.4. The number of fused-ring (bicyclic) bond motifs is 1. The van der Waals surface area contributed by atoms with E-state index in [0.29, 0.717) is 11.6 Å². The summed E-state index contributed by atoms with van der Waals surface area (Å²) >= 11 is 0. The summed E-state index contributed by atoms with van der Waals surface area (Å²) in [5.41, 5.74) is 1.65.